The normalized spacial score (nSPS) is 9.67. The quantitative estimate of drug-likeness (QED) is 0.631. The van der Waals surface area contributed by atoms with Crippen LogP contribution in [0, 0.1) is 11.3 Å². The van der Waals surface area contributed by atoms with Crippen molar-refractivity contribution in [2.24, 2.45) is 0 Å². The van der Waals surface area contributed by atoms with Crippen molar-refractivity contribution in [3.05, 3.63) is 24.0 Å². The van der Waals surface area contributed by atoms with Gasteiger partial charge in [0.05, 0.1) is 6.61 Å². The van der Waals surface area contributed by atoms with Gasteiger partial charge in [-0.3, -0.25) is 0 Å². The molecular formula is C9H12N2O. The van der Waals surface area contributed by atoms with Crippen molar-refractivity contribution in [3.63, 3.8) is 0 Å². The summed E-state index contributed by atoms with van der Waals surface area (Å²) in [6.07, 6.45) is 1.89. The average Bonchev–Trinajstić information content (AvgIpc) is 2.52. The van der Waals surface area contributed by atoms with Gasteiger partial charge in [-0.15, -0.1) is 0 Å². The Hall–Kier alpha value is -1.27. The Kier molecular flexibility index (Phi) is 3.36. The van der Waals surface area contributed by atoms with Gasteiger partial charge in [-0.1, -0.05) is 0 Å². The Balaban J connectivity index is 2.46. The van der Waals surface area contributed by atoms with Gasteiger partial charge in [-0.25, -0.2) is 0 Å². The van der Waals surface area contributed by atoms with E-state index in [4.69, 9.17) is 10.00 Å². The molecule has 0 bridgehead atoms. The van der Waals surface area contributed by atoms with Crippen LogP contribution in [0.1, 0.15) is 12.6 Å². The van der Waals surface area contributed by atoms with Crippen LogP contribution >= 0.6 is 0 Å². The molecule has 1 rings (SSSR count). The molecule has 0 saturated carbocycles. The van der Waals surface area contributed by atoms with Crippen molar-refractivity contribution in [1.29, 1.82) is 5.26 Å². The SMILES string of the molecule is CCOCCn1cccc1C#N. The van der Waals surface area contributed by atoms with E-state index in [1.54, 1.807) is 6.07 Å². The zero-order valence-electron chi connectivity index (χ0n) is 7.16. The molecule has 0 N–H and O–H groups in total. The molecule has 0 amide bonds. The van der Waals surface area contributed by atoms with Gasteiger partial charge in [0.2, 0.25) is 0 Å². The van der Waals surface area contributed by atoms with E-state index in [0.717, 1.165) is 13.2 Å². The molecule has 0 radical (unpaired) electrons. The molecule has 1 aromatic rings. The highest BCUT2D eigenvalue weighted by Gasteiger charge is 1.97. The lowest BCUT2D eigenvalue weighted by Crippen LogP contribution is -2.06. The summed E-state index contributed by atoms with van der Waals surface area (Å²) in [5.74, 6) is 0. The molecule has 3 nitrogen and oxygen atoms in total. The van der Waals surface area contributed by atoms with Crippen LogP contribution in [0.3, 0.4) is 0 Å². The first-order valence-electron chi connectivity index (χ1n) is 4.01. The number of ether oxygens (including phenoxy) is 1. The summed E-state index contributed by atoms with van der Waals surface area (Å²) in [4.78, 5) is 0. The zero-order valence-corrected chi connectivity index (χ0v) is 7.16. The van der Waals surface area contributed by atoms with Crippen molar-refractivity contribution >= 4 is 0 Å². The van der Waals surface area contributed by atoms with Crippen LogP contribution < -0.4 is 0 Å². The highest BCUT2D eigenvalue weighted by atomic mass is 16.5. The highest BCUT2D eigenvalue weighted by Crippen LogP contribution is 1.99. The first kappa shape index (κ1) is 8.82. The van der Waals surface area contributed by atoms with Crippen LogP contribution in [-0.4, -0.2) is 17.8 Å². The monoisotopic (exact) mass is 164 g/mol. The van der Waals surface area contributed by atoms with Crippen LogP contribution in [-0.2, 0) is 11.3 Å². The summed E-state index contributed by atoms with van der Waals surface area (Å²) in [5.41, 5.74) is 0.690. The highest BCUT2D eigenvalue weighted by molar-refractivity contribution is 5.21. The number of nitriles is 1. The molecule has 0 spiro atoms. The van der Waals surface area contributed by atoms with Crippen molar-refractivity contribution in [2.75, 3.05) is 13.2 Å². The minimum Gasteiger partial charge on any atom is -0.380 e. The standard InChI is InChI=1S/C9H12N2O/c1-2-12-7-6-11-5-3-4-9(11)8-10/h3-5H,2,6-7H2,1H3. The summed E-state index contributed by atoms with van der Waals surface area (Å²) in [5, 5.41) is 8.65. The number of hydrogen-bond donors (Lipinski definition) is 0. The fraction of sp³-hybridized carbons (Fsp3) is 0.444. The summed E-state index contributed by atoms with van der Waals surface area (Å²) >= 11 is 0. The molecule has 0 aliphatic carbocycles. The van der Waals surface area contributed by atoms with Crippen molar-refractivity contribution in [1.82, 2.24) is 4.57 Å². The van der Waals surface area contributed by atoms with E-state index in [1.807, 2.05) is 23.8 Å². The van der Waals surface area contributed by atoms with Gasteiger partial charge >= 0.3 is 0 Å². The topological polar surface area (TPSA) is 38.0 Å². The van der Waals surface area contributed by atoms with E-state index in [0.29, 0.717) is 12.3 Å². The summed E-state index contributed by atoms with van der Waals surface area (Å²) in [7, 11) is 0. The molecule has 1 aromatic heterocycles. The molecule has 0 fully saturated rings. The van der Waals surface area contributed by atoms with Crippen LogP contribution in [0.2, 0.25) is 0 Å². The Morgan fingerprint density at radius 1 is 1.67 bits per heavy atom. The van der Waals surface area contributed by atoms with E-state index in [-0.39, 0.29) is 0 Å². The summed E-state index contributed by atoms with van der Waals surface area (Å²) < 4.78 is 7.06. The molecule has 12 heavy (non-hydrogen) atoms. The number of hydrogen-bond acceptors (Lipinski definition) is 2. The fourth-order valence-corrected chi connectivity index (χ4v) is 1.02. The molecule has 0 saturated heterocycles. The van der Waals surface area contributed by atoms with E-state index < -0.39 is 0 Å². The van der Waals surface area contributed by atoms with E-state index in [1.165, 1.54) is 0 Å². The molecule has 0 aromatic carbocycles. The zero-order chi connectivity index (χ0) is 8.81. The molecule has 0 aliphatic heterocycles. The summed E-state index contributed by atoms with van der Waals surface area (Å²) in [6, 6.07) is 5.77. The molecule has 0 unspecified atom stereocenters. The maximum atomic E-state index is 8.65. The second kappa shape index (κ2) is 4.58. The van der Waals surface area contributed by atoms with Crippen LogP contribution in [0.5, 0.6) is 0 Å². The lowest BCUT2D eigenvalue weighted by Gasteiger charge is -2.03. The largest absolute Gasteiger partial charge is 0.380 e. The van der Waals surface area contributed by atoms with Gasteiger partial charge in [-0.05, 0) is 19.1 Å². The second-order valence-electron chi connectivity index (χ2n) is 2.40. The van der Waals surface area contributed by atoms with Crippen LogP contribution in [0.15, 0.2) is 18.3 Å². The molecule has 64 valence electrons. The lowest BCUT2D eigenvalue weighted by molar-refractivity contribution is 0.139. The number of rotatable bonds is 4. The lowest BCUT2D eigenvalue weighted by atomic mass is 10.5. The molecular weight excluding hydrogens is 152 g/mol. The minimum atomic E-state index is 0.667. The maximum Gasteiger partial charge on any atom is 0.120 e. The van der Waals surface area contributed by atoms with Gasteiger partial charge in [-0.2, -0.15) is 5.26 Å². The molecule has 0 aliphatic rings. The third-order valence-corrected chi connectivity index (χ3v) is 1.62. The molecule has 1 heterocycles. The van der Waals surface area contributed by atoms with E-state index >= 15 is 0 Å². The van der Waals surface area contributed by atoms with Crippen LogP contribution in [0.25, 0.3) is 0 Å². The predicted molar refractivity (Wildman–Crippen MR) is 45.6 cm³/mol. The third-order valence-electron chi connectivity index (χ3n) is 1.62. The first-order valence-corrected chi connectivity index (χ1v) is 4.01. The van der Waals surface area contributed by atoms with Gasteiger partial charge < -0.3 is 9.30 Å². The van der Waals surface area contributed by atoms with Gasteiger partial charge in [0.1, 0.15) is 11.8 Å². The van der Waals surface area contributed by atoms with Gasteiger partial charge in [0, 0.05) is 19.3 Å². The average molecular weight is 164 g/mol. The van der Waals surface area contributed by atoms with E-state index in [9.17, 15) is 0 Å². The Morgan fingerprint density at radius 3 is 3.17 bits per heavy atom. The fourth-order valence-electron chi connectivity index (χ4n) is 1.02. The van der Waals surface area contributed by atoms with Gasteiger partial charge in [0.15, 0.2) is 0 Å². The number of nitrogens with zero attached hydrogens (tertiary/aromatic N) is 2. The Morgan fingerprint density at radius 2 is 2.50 bits per heavy atom. The maximum absolute atomic E-state index is 8.65. The van der Waals surface area contributed by atoms with Crippen molar-refractivity contribution in [2.45, 2.75) is 13.5 Å². The van der Waals surface area contributed by atoms with Crippen LogP contribution in [0.4, 0.5) is 0 Å². The predicted octanol–water partition coefficient (Wildman–Crippen LogP) is 1.40. The molecule has 0 atom stereocenters. The molecule has 3 heteroatoms. The first-order chi connectivity index (χ1) is 5.88. The third kappa shape index (κ3) is 2.11. The smallest absolute Gasteiger partial charge is 0.120 e. The second-order valence-corrected chi connectivity index (χ2v) is 2.40. The number of aromatic nitrogens is 1. The Bertz CT molecular complexity index is 272. The van der Waals surface area contributed by atoms with E-state index in [2.05, 4.69) is 6.07 Å². The van der Waals surface area contributed by atoms with Gasteiger partial charge in [0.25, 0.3) is 0 Å². The van der Waals surface area contributed by atoms with Crippen molar-refractivity contribution < 1.29 is 4.74 Å². The van der Waals surface area contributed by atoms with Crippen molar-refractivity contribution in [3.8, 4) is 6.07 Å². The summed E-state index contributed by atoms with van der Waals surface area (Å²) in [6.45, 7) is 4.10. The minimum absolute atomic E-state index is 0.667. The Labute approximate surface area is 72.2 Å².